The third kappa shape index (κ3) is 2.75. The lowest BCUT2D eigenvalue weighted by Gasteiger charge is -2.44. The number of piperidine rings is 3. The van der Waals surface area contributed by atoms with Gasteiger partial charge in [0.05, 0.1) is 13.1 Å². The minimum absolute atomic E-state index is 0.0639. The fourth-order valence-electron chi connectivity index (χ4n) is 2.63. The van der Waals surface area contributed by atoms with E-state index in [1.54, 1.807) is 0 Å². The van der Waals surface area contributed by atoms with Gasteiger partial charge in [0.25, 0.3) is 0 Å². The molecule has 2 bridgehead atoms. The summed E-state index contributed by atoms with van der Waals surface area (Å²) in [5.74, 6) is 3.20. The van der Waals surface area contributed by atoms with Crippen LogP contribution in [0.2, 0.25) is 0 Å². The first-order valence-electron chi connectivity index (χ1n) is 5.95. The molecule has 0 saturated carbocycles. The predicted octanol–water partition coefficient (Wildman–Crippen LogP) is -0.580. The van der Waals surface area contributed by atoms with Gasteiger partial charge in [0.15, 0.2) is 0 Å². The molecular weight excluding hydrogens is 202 g/mol. The second kappa shape index (κ2) is 5.33. The minimum Gasteiger partial charge on any atom is -0.351 e. The monoisotopic (exact) mass is 221 g/mol. The topological polar surface area (TPSA) is 44.4 Å². The van der Waals surface area contributed by atoms with Crippen LogP contribution in [-0.4, -0.2) is 49.6 Å². The number of amides is 1. The summed E-state index contributed by atoms with van der Waals surface area (Å²) in [7, 11) is 0. The lowest BCUT2D eigenvalue weighted by molar-refractivity contribution is -0.122. The molecule has 0 aromatic rings. The Morgan fingerprint density at radius 3 is 2.75 bits per heavy atom. The van der Waals surface area contributed by atoms with E-state index < -0.39 is 0 Å². The van der Waals surface area contributed by atoms with Crippen LogP contribution in [0.1, 0.15) is 12.8 Å². The molecule has 3 aliphatic heterocycles. The maximum atomic E-state index is 11.6. The summed E-state index contributed by atoms with van der Waals surface area (Å²) < 4.78 is 0. The predicted molar refractivity (Wildman–Crippen MR) is 62.8 cm³/mol. The zero-order valence-electron chi connectivity index (χ0n) is 9.54. The van der Waals surface area contributed by atoms with Crippen molar-refractivity contribution in [2.24, 2.45) is 5.92 Å². The largest absolute Gasteiger partial charge is 0.351 e. The third-order valence-corrected chi connectivity index (χ3v) is 3.52. The molecule has 16 heavy (non-hydrogen) atoms. The molecule has 3 rings (SSSR count). The van der Waals surface area contributed by atoms with Gasteiger partial charge in [-0.1, -0.05) is 5.92 Å². The highest BCUT2D eigenvalue weighted by molar-refractivity contribution is 5.78. The average Bonchev–Trinajstić information content (AvgIpc) is 2.31. The summed E-state index contributed by atoms with van der Waals surface area (Å²) in [5, 5.41) is 6.00. The van der Waals surface area contributed by atoms with Gasteiger partial charge in [-0.25, -0.2) is 0 Å². The molecule has 1 amide bonds. The van der Waals surface area contributed by atoms with E-state index in [0.717, 1.165) is 6.54 Å². The van der Waals surface area contributed by atoms with Crippen LogP contribution in [0.4, 0.5) is 0 Å². The molecule has 1 atom stereocenters. The fourth-order valence-corrected chi connectivity index (χ4v) is 2.63. The van der Waals surface area contributed by atoms with Crippen molar-refractivity contribution in [1.29, 1.82) is 0 Å². The lowest BCUT2D eigenvalue weighted by Crippen LogP contribution is -2.58. The summed E-state index contributed by atoms with van der Waals surface area (Å²) >= 11 is 0. The molecule has 0 aliphatic carbocycles. The van der Waals surface area contributed by atoms with Crippen LogP contribution < -0.4 is 10.6 Å². The van der Waals surface area contributed by atoms with E-state index in [0.29, 0.717) is 25.0 Å². The standard InChI is InChI=1S/C12H19N3O/c1-2-5-13-8-12(16)14-11-9-15-6-3-10(11)4-7-15/h1,10-11,13H,3-9H2,(H,14,16). The number of hydrogen-bond donors (Lipinski definition) is 2. The number of carbonyl (C=O) groups is 1. The van der Waals surface area contributed by atoms with Gasteiger partial charge in [-0.05, 0) is 31.8 Å². The Morgan fingerprint density at radius 1 is 1.44 bits per heavy atom. The first kappa shape index (κ1) is 11.4. The molecule has 88 valence electrons. The Kier molecular flexibility index (Phi) is 3.81. The molecule has 3 aliphatic rings. The number of terminal acetylenes is 1. The number of fused-ring (bicyclic) bond motifs is 3. The lowest BCUT2D eigenvalue weighted by atomic mass is 9.84. The first-order valence-corrected chi connectivity index (χ1v) is 5.95. The highest BCUT2D eigenvalue weighted by Gasteiger charge is 2.34. The van der Waals surface area contributed by atoms with E-state index in [4.69, 9.17) is 6.42 Å². The van der Waals surface area contributed by atoms with Crippen LogP contribution in [0.25, 0.3) is 0 Å². The van der Waals surface area contributed by atoms with E-state index in [9.17, 15) is 4.79 Å². The molecule has 3 heterocycles. The van der Waals surface area contributed by atoms with E-state index in [1.807, 2.05) is 0 Å². The van der Waals surface area contributed by atoms with Gasteiger partial charge < -0.3 is 10.2 Å². The molecule has 4 nitrogen and oxygen atoms in total. The number of nitrogens with one attached hydrogen (secondary N) is 2. The summed E-state index contributed by atoms with van der Waals surface area (Å²) in [6.07, 6.45) is 7.55. The van der Waals surface area contributed by atoms with Crippen molar-refractivity contribution in [2.45, 2.75) is 18.9 Å². The zero-order valence-corrected chi connectivity index (χ0v) is 9.54. The SMILES string of the molecule is C#CCNCC(=O)NC1CN2CCC1CC2. The second-order valence-electron chi connectivity index (χ2n) is 4.62. The second-order valence-corrected chi connectivity index (χ2v) is 4.62. The Labute approximate surface area is 96.8 Å². The Hall–Kier alpha value is -1.05. The van der Waals surface area contributed by atoms with Crippen molar-refractivity contribution in [3.63, 3.8) is 0 Å². The van der Waals surface area contributed by atoms with Crippen LogP contribution in [-0.2, 0) is 4.79 Å². The summed E-state index contributed by atoms with van der Waals surface area (Å²) in [4.78, 5) is 14.0. The quantitative estimate of drug-likeness (QED) is 0.493. The summed E-state index contributed by atoms with van der Waals surface area (Å²) in [6.45, 7) is 4.20. The third-order valence-electron chi connectivity index (χ3n) is 3.52. The molecule has 3 saturated heterocycles. The van der Waals surface area contributed by atoms with Crippen molar-refractivity contribution in [3.05, 3.63) is 0 Å². The van der Waals surface area contributed by atoms with E-state index in [1.165, 1.54) is 25.9 Å². The smallest absolute Gasteiger partial charge is 0.234 e. The van der Waals surface area contributed by atoms with Gasteiger partial charge >= 0.3 is 0 Å². The van der Waals surface area contributed by atoms with Gasteiger partial charge in [0.1, 0.15) is 0 Å². The van der Waals surface area contributed by atoms with Gasteiger partial charge in [-0.15, -0.1) is 6.42 Å². The van der Waals surface area contributed by atoms with Gasteiger partial charge in [0, 0.05) is 12.6 Å². The number of carbonyl (C=O) groups excluding carboxylic acids is 1. The maximum Gasteiger partial charge on any atom is 0.234 e. The normalized spacial score (nSPS) is 32.1. The van der Waals surface area contributed by atoms with Crippen molar-refractivity contribution in [3.8, 4) is 12.3 Å². The highest BCUT2D eigenvalue weighted by atomic mass is 16.2. The van der Waals surface area contributed by atoms with Gasteiger partial charge in [0.2, 0.25) is 5.91 Å². The summed E-state index contributed by atoms with van der Waals surface area (Å²) in [6, 6.07) is 0.350. The molecule has 2 N–H and O–H groups in total. The Balaban J connectivity index is 1.73. The highest BCUT2D eigenvalue weighted by Crippen LogP contribution is 2.27. The Morgan fingerprint density at radius 2 is 2.19 bits per heavy atom. The van der Waals surface area contributed by atoms with Crippen LogP contribution in [0, 0.1) is 18.3 Å². The Bertz CT molecular complexity index is 289. The van der Waals surface area contributed by atoms with Crippen molar-refractivity contribution in [1.82, 2.24) is 15.5 Å². The van der Waals surface area contributed by atoms with Crippen molar-refractivity contribution >= 4 is 5.91 Å². The number of rotatable bonds is 4. The van der Waals surface area contributed by atoms with Crippen molar-refractivity contribution in [2.75, 3.05) is 32.7 Å². The molecule has 1 unspecified atom stereocenters. The van der Waals surface area contributed by atoms with Crippen LogP contribution in [0.15, 0.2) is 0 Å². The molecule has 0 spiro atoms. The van der Waals surface area contributed by atoms with Crippen molar-refractivity contribution < 1.29 is 4.79 Å². The summed E-state index contributed by atoms with van der Waals surface area (Å²) in [5.41, 5.74) is 0. The molecule has 0 aromatic heterocycles. The zero-order chi connectivity index (χ0) is 11.4. The molecule has 0 aromatic carbocycles. The maximum absolute atomic E-state index is 11.6. The number of hydrogen-bond acceptors (Lipinski definition) is 3. The fraction of sp³-hybridized carbons (Fsp3) is 0.750. The van der Waals surface area contributed by atoms with E-state index in [-0.39, 0.29) is 5.91 Å². The van der Waals surface area contributed by atoms with Crippen LogP contribution in [0.5, 0.6) is 0 Å². The average molecular weight is 221 g/mol. The van der Waals surface area contributed by atoms with Gasteiger partial charge in [-0.2, -0.15) is 0 Å². The minimum atomic E-state index is 0.0639. The number of nitrogens with zero attached hydrogens (tertiary/aromatic N) is 1. The molecule has 3 fully saturated rings. The van der Waals surface area contributed by atoms with Gasteiger partial charge in [-0.3, -0.25) is 10.1 Å². The molecule has 4 heteroatoms. The first-order chi connectivity index (χ1) is 7.79. The molecule has 0 radical (unpaired) electrons. The van der Waals surface area contributed by atoms with E-state index >= 15 is 0 Å². The van der Waals surface area contributed by atoms with E-state index in [2.05, 4.69) is 21.5 Å². The molecular formula is C12H19N3O. The van der Waals surface area contributed by atoms with Crippen LogP contribution >= 0.6 is 0 Å². The van der Waals surface area contributed by atoms with Crippen LogP contribution in [0.3, 0.4) is 0 Å².